The number of amides is 1. The number of carbonyl (C=O) groups is 1. The van der Waals surface area contributed by atoms with Gasteiger partial charge in [0, 0.05) is 36.8 Å². The lowest BCUT2D eigenvalue weighted by molar-refractivity contribution is 0.187. The van der Waals surface area contributed by atoms with Crippen LogP contribution in [0, 0.1) is 17.1 Å². The number of methoxy groups -OCH3 is 1. The number of benzene rings is 1. The molecule has 3 rings (SSSR count). The molecule has 0 radical (unpaired) electrons. The average Bonchev–Trinajstić information content (AvgIpc) is 2.67. The lowest BCUT2D eigenvalue weighted by Gasteiger charge is -2.33. The van der Waals surface area contributed by atoms with Crippen molar-refractivity contribution in [2.45, 2.75) is 18.9 Å². The fraction of sp³-hybridized carbons (Fsp3) is 0.316. The van der Waals surface area contributed by atoms with Crippen LogP contribution in [0.1, 0.15) is 18.4 Å². The third-order valence-corrected chi connectivity index (χ3v) is 4.55. The molecule has 27 heavy (non-hydrogen) atoms. The normalized spacial score (nSPS) is 14.5. The lowest BCUT2D eigenvalue weighted by atomic mass is 10.0. The van der Waals surface area contributed by atoms with Gasteiger partial charge in [-0.2, -0.15) is 5.26 Å². The summed E-state index contributed by atoms with van der Waals surface area (Å²) in [5.74, 6) is 0.676. The summed E-state index contributed by atoms with van der Waals surface area (Å²) in [6.45, 7) is 1.29. The van der Waals surface area contributed by atoms with Gasteiger partial charge in [-0.15, -0.1) is 0 Å². The van der Waals surface area contributed by atoms with E-state index in [0.29, 0.717) is 48.8 Å². The van der Waals surface area contributed by atoms with Crippen LogP contribution in [-0.4, -0.2) is 42.4 Å². The molecule has 1 aliphatic rings. The van der Waals surface area contributed by atoms with E-state index < -0.39 is 11.9 Å². The number of pyridine rings is 1. The van der Waals surface area contributed by atoms with E-state index in [1.165, 1.54) is 12.1 Å². The number of carboxylic acid groups (broad SMARTS) is 1. The zero-order valence-corrected chi connectivity index (χ0v) is 14.8. The summed E-state index contributed by atoms with van der Waals surface area (Å²) in [5.41, 5.74) is 1.07. The third kappa shape index (κ3) is 4.26. The fourth-order valence-corrected chi connectivity index (χ4v) is 3.11. The van der Waals surface area contributed by atoms with Gasteiger partial charge in [-0.3, -0.25) is 0 Å². The minimum atomic E-state index is -1.02. The Bertz CT molecular complexity index is 889. The van der Waals surface area contributed by atoms with Crippen molar-refractivity contribution in [1.29, 1.82) is 5.26 Å². The molecule has 1 aromatic heterocycles. The van der Waals surface area contributed by atoms with E-state index in [2.05, 4.69) is 10.3 Å². The number of aromatic nitrogens is 1. The van der Waals surface area contributed by atoms with Crippen LogP contribution in [0.4, 0.5) is 15.0 Å². The summed E-state index contributed by atoms with van der Waals surface area (Å²) in [7, 11) is 1.55. The van der Waals surface area contributed by atoms with Gasteiger partial charge in [-0.25, -0.2) is 14.2 Å². The van der Waals surface area contributed by atoms with E-state index >= 15 is 0 Å². The number of hydrogen-bond donors (Lipinski definition) is 2. The summed E-state index contributed by atoms with van der Waals surface area (Å²) in [6.07, 6.45) is 0.330. The highest BCUT2D eigenvalue weighted by Gasteiger charge is 2.22. The molecule has 0 saturated carbocycles. The van der Waals surface area contributed by atoms with Crippen LogP contribution in [0.2, 0.25) is 0 Å². The van der Waals surface area contributed by atoms with E-state index in [9.17, 15) is 9.18 Å². The Balaban J connectivity index is 1.85. The second-order valence-electron chi connectivity index (χ2n) is 6.27. The Morgan fingerprint density at radius 2 is 2.11 bits per heavy atom. The average molecular weight is 370 g/mol. The summed E-state index contributed by atoms with van der Waals surface area (Å²) in [4.78, 5) is 17.4. The number of halogens is 1. The van der Waals surface area contributed by atoms with Crippen LogP contribution in [0.15, 0.2) is 30.3 Å². The summed E-state index contributed by atoms with van der Waals surface area (Å²) >= 11 is 0. The molecule has 1 amide bonds. The molecule has 0 unspecified atom stereocenters. The highest BCUT2D eigenvalue weighted by Crippen LogP contribution is 2.29. The zero-order valence-electron chi connectivity index (χ0n) is 14.8. The van der Waals surface area contributed by atoms with Crippen molar-refractivity contribution in [2.75, 3.05) is 25.1 Å². The lowest BCUT2D eigenvalue weighted by Crippen LogP contribution is -2.44. The standard InChI is InChI=1S/C19H19FN4O3/c1-27-15-9-17(12-2-3-13(11-21)16(20)8-12)23-18(10-15)24-6-4-14(5-7-24)22-19(25)26/h2-3,8-10,14,22H,4-7H2,1H3,(H,25,26). The van der Waals surface area contributed by atoms with E-state index in [-0.39, 0.29) is 11.6 Å². The Kier molecular flexibility index (Phi) is 5.41. The third-order valence-electron chi connectivity index (χ3n) is 4.55. The van der Waals surface area contributed by atoms with Crippen LogP contribution in [-0.2, 0) is 0 Å². The Labute approximate surface area is 156 Å². The van der Waals surface area contributed by atoms with Crippen LogP contribution < -0.4 is 15.0 Å². The number of nitrogens with zero attached hydrogens (tertiary/aromatic N) is 3. The molecule has 2 N–H and O–H groups in total. The van der Waals surface area contributed by atoms with Gasteiger partial charge in [0.25, 0.3) is 0 Å². The van der Waals surface area contributed by atoms with Gasteiger partial charge in [0.1, 0.15) is 23.5 Å². The monoisotopic (exact) mass is 370 g/mol. The molecule has 1 aliphatic heterocycles. The quantitative estimate of drug-likeness (QED) is 0.858. The minimum absolute atomic E-state index is 0.0186. The van der Waals surface area contributed by atoms with Crippen molar-refractivity contribution < 1.29 is 19.0 Å². The van der Waals surface area contributed by atoms with Gasteiger partial charge >= 0.3 is 6.09 Å². The number of nitriles is 1. The summed E-state index contributed by atoms with van der Waals surface area (Å²) in [5, 5.41) is 20.2. The molecular formula is C19H19FN4O3. The Morgan fingerprint density at radius 3 is 2.70 bits per heavy atom. The first-order chi connectivity index (χ1) is 13.0. The second kappa shape index (κ2) is 7.91. The SMILES string of the molecule is COc1cc(-c2ccc(C#N)c(F)c2)nc(N2CCC(NC(=O)O)CC2)c1. The van der Waals surface area contributed by atoms with Gasteiger partial charge in [0.15, 0.2) is 0 Å². The van der Waals surface area contributed by atoms with Crippen LogP contribution in [0.25, 0.3) is 11.3 Å². The van der Waals surface area contributed by atoms with E-state index in [0.717, 1.165) is 0 Å². The largest absolute Gasteiger partial charge is 0.497 e. The molecule has 140 valence electrons. The first-order valence-electron chi connectivity index (χ1n) is 8.50. The summed E-state index contributed by atoms with van der Waals surface area (Å²) < 4.78 is 19.3. The maximum Gasteiger partial charge on any atom is 0.404 e. The first kappa shape index (κ1) is 18.5. The fourth-order valence-electron chi connectivity index (χ4n) is 3.11. The number of rotatable bonds is 4. The number of nitrogens with one attached hydrogen (secondary N) is 1. The van der Waals surface area contributed by atoms with Crippen LogP contribution in [0.3, 0.4) is 0 Å². The topological polar surface area (TPSA) is 98.5 Å². The molecule has 1 aromatic carbocycles. The number of piperidine rings is 1. The van der Waals surface area contributed by atoms with Gasteiger partial charge in [0.05, 0.1) is 18.4 Å². The van der Waals surface area contributed by atoms with Crippen molar-refractivity contribution in [3.05, 3.63) is 41.7 Å². The van der Waals surface area contributed by atoms with Crippen molar-refractivity contribution in [3.63, 3.8) is 0 Å². The zero-order chi connectivity index (χ0) is 19.4. The number of ether oxygens (including phenoxy) is 1. The maximum atomic E-state index is 14.0. The Morgan fingerprint density at radius 1 is 1.37 bits per heavy atom. The molecule has 0 atom stereocenters. The van der Waals surface area contributed by atoms with Gasteiger partial charge < -0.3 is 20.1 Å². The van der Waals surface area contributed by atoms with Crippen molar-refractivity contribution in [1.82, 2.24) is 10.3 Å². The molecular weight excluding hydrogens is 351 g/mol. The summed E-state index contributed by atoms with van der Waals surface area (Å²) in [6, 6.07) is 9.60. The Hall–Kier alpha value is -3.34. The van der Waals surface area contributed by atoms with Crippen molar-refractivity contribution in [2.24, 2.45) is 0 Å². The van der Waals surface area contributed by atoms with Crippen LogP contribution in [0.5, 0.6) is 5.75 Å². The molecule has 1 saturated heterocycles. The molecule has 7 nitrogen and oxygen atoms in total. The molecule has 8 heteroatoms. The number of anilines is 1. The smallest absolute Gasteiger partial charge is 0.404 e. The van der Waals surface area contributed by atoms with E-state index in [4.69, 9.17) is 15.1 Å². The number of hydrogen-bond acceptors (Lipinski definition) is 5. The molecule has 1 fully saturated rings. The predicted octanol–water partition coefficient (Wildman–Crippen LogP) is 3.00. The predicted molar refractivity (Wildman–Crippen MR) is 97.3 cm³/mol. The van der Waals surface area contributed by atoms with Crippen LogP contribution >= 0.6 is 0 Å². The molecule has 0 spiro atoms. The molecule has 0 bridgehead atoms. The molecule has 0 aliphatic carbocycles. The highest BCUT2D eigenvalue weighted by atomic mass is 19.1. The van der Waals surface area contributed by atoms with Crippen molar-refractivity contribution >= 4 is 11.9 Å². The van der Waals surface area contributed by atoms with Gasteiger partial charge in [0.2, 0.25) is 0 Å². The van der Waals surface area contributed by atoms with Gasteiger partial charge in [-0.1, -0.05) is 6.07 Å². The minimum Gasteiger partial charge on any atom is -0.497 e. The molecule has 2 aromatic rings. The second-order valence-corrected chi connectivity index (χ2v) is 6.27. The molecule has 2 heterocycles. The van der Waals surface area contributed by atoms with Crippen molar-refractivity contribution in [3.8, 4) is 23.1 Å². The van der Waals surface area contributed by atoms with Gasteiger partial charge in [-0.05, 0) is 25.0 Å². The highest BCUT2D eigenvalue weighted by molar-refractivity contribution is 5.66. The van der Waals surface area contributed by atoms with E-state index in [1.807, 2.05) is 4.90 Å². The maximum absolute atomic E-state index is 14.0. The van der Waals surface area contributed by atoms with E-state index in [1.54, 1.807) is 31.4 Å². The first-order valence-corrected chi connectivity index (χ1v) is 8.50.